The fourth-order valence-corrected chi connectivity index (χ4v) is 3.13. The van der Waals surface area contributed by atoms with Crippen LogP contribution in [0.2, 0.25) is 0 Å². The number of nitrogens with one attached hydrogen (secondary N) is 1. The highest BCUT2D eigenvalue weighted by molar-refractivity contribution is 5.24. The van der Waals surface area contributed by atoms with E-state index in [9.17, 15) is 0 Å². The molecule has 20 heavy (non-hydrogen) atoms. The Morgan fingerprint density at radius 2 is 2.00 bits per heavy atom. The third-order valence-electron chi connectivity index (χ3n) is 3.98. The number of nitrogens with two attached hydrogens (primary N) is 1. The third-order valence-corrected chi connectivity index (χ3v) is 3.98. The van der Waals surface area contributed by atoms with E-state index in [1.165, 1.54) is 6.42 Å². The van der Waals surface area contributed by atoms with Gasteiger partial charge in [-0.1, -0.05) is 19.3 Å². The topological polar surface area (TPSA) is 82.3 Å². The Labute approximate surface area is 120 Å². The highest BCUT2D eigenvalue weighted by Crippen LogP contribution is 2.42. The van der Waals surface area contributed by atoms with Gasteiger partial charge in [0.25, 0.3) is 0 Å². The first-order valence-electron chi connectivity index (χ1n) is 7.22. The summed E-state index contributed by atoms with van der Waals surface area (Å²) in [4.78, 5) is 8.63. The second-order valence-electron chi connectivity index (χ2n) is 5.11. The number of methoxy groups -OCH3 is 1. The van der Waals surface area contributed by atoms with Crippen molar-refractivity contribution in [2.45, 2.75) is 50.7 Å². The third kappa shape index (κ3) is 2.92. The second-order valence-corrected chi connectivity index (χ2v) is 5.11. The lowest BCUT2D eigenvalue weighted by Crippen LogP contribution is -2.50. The van der Waals surface area contributed by atoms with E-state index in [0.29, 0.717) is 18.2 Å². The molecule has 0 bridgehead atoms. The van der Waals surface area contributed by atoms with Gasteiger partial charge in [0, 0.05) is 19.0 Å². The zero-order valence-electron chi connectivity index (χ0n) is 12.3. The molecule has 0 aromatic carbocycles. The molecular formula is C14H24N4O2. The Morgan fingerprint density at radius 1 is 1.30 bits per heavy atom. The van der Waals surface area contributed by atoms with Gasteiger partial charge >= 0.3 is 0 Å². The molecule has 6 nitrogen and oxygen atoms in total. The summed E-state index contributed by atoms with van der Waals surface area (Å²) < 4.78 is 11.4. The largest absolute Gasteiger partial charge is 0.480 e. The molecule has 3 N–H and O–H groups in total. The molecule has 0 aliphatic heterocycles. The van der Waals surface area contributed by atoms with Crippen molar-refractivity contribution in [3.63, 3.8) is 0 Å². The molecule has 0 saturated heterocycles. The second kappa shape index (κ2) is 6.97. The summed E-state index contributed by atoms with van der Waals surface area (Å²) in [5.41, 5.74) is 3.27. The van der Waals surface area contributed by atoms with Gasteiger partial charge in [-0.05, 0) is 19.8 Å². The van der Waals surface area contributed by atoms with E-state index in [0.717, 1.165) is 25.7 Å². The van der Waals surface area contributed by atoms with E-state index in [4.69, 9.17) is 15.3 Å². The van der Waals surface area contributed by atoms with Gasteiger partial charge in [-0.2, -0.15) is 0 Å². The van der Waals surface area contributed by atoms with Crippen molar-refractivity contribution >= 4 is 0 Å². The van der Waals surface area contributed by atoms with Gasteiger partial charge < -0.3 is 9.47 Å². The maximum Gasteiger partial charge on any atom is 0.237 e. The van der Waals surface area contributed by atoms with Gasteiger partial charge in [-0.25, -0.2) is 10.4 Å². The highest BCUT2D eigenvalue weighted by atomic mass is 16.5. The van der Waals surface area contributed by atoms with Crippen molar-refractivity contribution in [3.05, 3.63) is 18.1 Å². The van der Waals surface area contributed by atoms with Gasteiger partial charge in [0.2, 0.25) is 5.88 Å². The van der Waals surface area contributed by atoms with E-state index in [-0.39, 0.29) is 11.6 Å². The summed E-state index contributed by atoms with van der Waals surface area (Å²) >= 11 is 0. The Morgan fingerprint density at radius 3 is 2.60 bits per heavy atom. The lowest BCUT2D eigenvalue weighted by Gasteiger charge is -2.42. The molecular weight excluding hydrogens is 256 g/mol. The molecule has 0 amide bonds. The van der Waals surface area contributed by atoms with Crippen LogP contribution in [0.3, 0.4) is 0 Å². The molecule has 1 aromatic heterocycles. The van der Waals surface area contributed by atoms with Crippen molar-refractivity contribution in [1.82, 2.24) is 15.4 Å². The monoisotopic (exact) mass is 280 g/mol. The molecule has 1 aromatic rings. The Balaban J connectivity index is 2.37. The van der Waals surface area contributed by atoms with Crippen LogP contribution in [0, 0.1) is 0 Å². The summed E-state index contributed by atoms with van der Waals surface area (Å²) in [6.45, 7) is 2.67. The minimum absolute atomic E-state index is 0.216. The number of hydrogen-bond donors (Lipinski definition) is 2. The average Bonchev–Trinajstić information content (AvgIpc) is 2.49. The lowest BCUT2D eigenvalue weighted by molar-refractivity contribution is -0.0927. The van der Waals surface area contributed by atoms with Crippen molar-refractivity contribution in [2.24, 2.45) is 5.84 Å². The van der Waals surface area contributed by atoms with E-state index in [1.807, 2.05) is 6.92 Å². The Bertz CT molecular complexity index is 416. The average molecular weight is 280 g/mol. The molecule has 6 heteroatoms. The van der Waals surface area contributed by atoms with Crippen molar-refractivity contribution in [3.8, 4) is 5.88 Å². The summed E-state index contributed by atoms with van der Waals surface area (Å²) in [7, 11) is 1.59. The maximum atomic E-state index is 6.11. The minimum atomic E-state index is -0.328. The van der Waals surface area contributed by atoms with Crippen LogP contribution >= 0.6 is 0 Å². The van der Waals surface area contributed by atoms with Gasteiger partial charge in [0.1, 0.15) is 5.69 Å². The number of aromatic nitrogens is 2. The lowest BCUT2D eigenvalue weighted by atomic mass is 9.78. The Hall–Kier alpha value is -1.24. The molecule has 1 fully saturated rings. The van der Waals surface area contributed by atoms with Crippen LogP contribution in [-0.4, -0.2) is 29.3 Å². The molecule has 0 radical (unpaired) electrons. The predicted molar refractivity (Wildman–Crippen MR) is 76.1 cm³/mol. The van der Waals surface area contributed by atoms with Gasteiger partial charge in [0.05, 0.1) is 18.8 Å². The Kier molecular flexibility index (Phi) is 5.28. The van der Waals surface area contributed by atoms with Crippen molar-refractivity contribution < 1.29 is 9.47 Å². The zero-order valence-corrected chi connectivity index (χ0v) is 12.3. The van der Waals surface area contributed by atoms with Crippen LogP contribution in [0.1, 0.15) is 50.8 Å². The molecule has 1 heterocycles. The van der Waals surface area contributed by atoms with Crippen LogP contribution in [-0.2, 0) is 4.74 Å². The van der Waals surface area contributed by atoms with Gasteiger partial charge in [-0.3, -0.25) is 10.8 Å². The summed E-state index contributed by atoms with van der Waals surface area (Å²) in [5, 5.41) is 0. The molecule has 0 spiro atoms. The molecule has 2 rings (SSSR count). The maximum absolute atomic E-state index is 6.11. The number of nitrogens with zero attached hydrogens (tertiary/aromatic N) is 2. The number of ether oxygens (including phenoxy) is 2. The molecule has 1 aliphatic carbocycles. The fourth-order valence-electron chi connectivity index (χ4n) is 3.13. The predicted octanol–water partition coefficient (Wildman–Crippen LogP) is 1.73. The molecule has 1 unspecified atom stereocenters. The SMILES string of the molecule is CCOC1(C(NN)c2nccnc2OC)CCCCC1. The first-order valence-corrected chi connectivity index (χ1v) is 7.22. The fraction of sp³-hybridized carbons (Fsp3) is 0.714. The number of rotatable bonds is 6. The van der Waals surface area contributed by atoms with E-state index in [1.54, 1.807) is 19.5 Å². The highest BCUT2D eigenvalue weighted by Gasteiger charge is 2.43. The standard InChI is InChI=1S/C14H24N4O2/c1-3-20-14(7-5-4-6-8-14)12(18-15)11-13(19-2)17-10-9-16-11/h9-10,12,18H,3-8,15H2,1-2H3. The van der Waals surface area contributed by atoms with Gasteiger partial charge in [0.15, 0.2) is 0 Å². The smallest absolute Gasteiger partial charge is 0.237 e. The van der Waals surface area contributed by atoms with Crippen LogP contribution < -0.4 is 16.0 Å². The summed E-state index contributed by atoms with van der Waals surface area (Å²) in [6.07, 6.45) is 8.73. The van der Waals surface area contributed by atoms with Crippen LogP contribution in [0.25, 0.3) is 0 Å². The van der Waals surface area contributed by atoms with E-state index < -0.39 is 0 Å². The van der Waals surface area contributed by atoms with E-state index in [2.05, 4.69) is 15.4 Å². The summed E-state index contributed by atoms with van der Waals surface area (Å²) in [6, 6.07) is -0.216. The normalized spacial score (nSPS) is 19.6. The van der Waals surface area contributed by atoms with Crippen molar-refractivity contribution in [2.75, 3.05) is 13.7 Å². The molecule has 1 atom stereocenters. The molecule has 1 saturated carbocycles. The van der Waals surface area contributed by atoms with Crippen LogP contribution in [0.15, 0.2) is 12.4 Å². The zero-order chi connectivity index (χ0) is 14.4. The van der Waals surface area contributed by atoms with Crippen LogP contribution in [0.5, 0.6) is 5.88 Å². The molecule has 1 aliphatic rings. The molecule has 112 valence electrons. The quantitative estimate of drug-likeness (QED) is 0.610. The van der Waals surface area contributed by atoms with Gasteiger partial charge in [-0.15, -0.1) is 0 Å². The first-order chi connectivity index (χ1) is 9.77. The van der Waals surface area contributed by atoms with Crippen molar-refractivity contribution in [1.29, 1.82) is 0 Å². The number of hydrogen-bond acceptors (Lipinski definition) is 6. The summed E-state index contributed by atoms with van der Waals surface area (Å²) in [5.74, 6) is 6.32. The minimum Gasteiger partial charge on any atom is -0.480 e. The van der Waals surface area contributed by atoms with E-state index >= 15 is 0 Å². The number of hydrazine groups is 1. The van der Waals surface area contributed by atoms with Crippen LogP contribution in [0.4, 0.5) is 0 Å². The first kappa shape index (κ1) is 15.2.